The van der Waals surface area contributed by atoms with Crippen LogP contribution in [0, 0.1) is 6.92 Å². The van der Waals surface area contributed by atoms with Crippen LogP contribution in [-0.2, 0) is 0 Å². The monoisotopic (exact) mass is 409 g/mol. The van der Waals surface area contributed by atoms with Crippen molar-refractivity contribution in [2.24, 2.45) is 0 Å². The van der Waals surface area contributed by atoms with E-state index >= 15 is 0 Å². The molecular weight excluding hydrogens is 390 g/mol. The van der Waals surface area contributed by atoms with E-state index in [4.69, 9.17) is 15.0 Å². The number of nitrogens with zero attached hydrogens (tertiary/aromatic N) is 4. The van der Waals surface area contributed by atoms with Gasteiger partial charge in [-0.3, -0.25) is 4.98 Å². The van der Waals surface area contributed by atoms with Crippen LogP contribution in [0.1, 0.15) is 29.3 Å². The largest absolute Gasteiger partial charge is 0.340 e. The van der Waals surface area contributed by atoms with Crippen molar-refractivity contribution in [3.8, 4) is 11.4 Å². The molecule has 1 N–H and O–H groups in total. The van der Waals surface area contributed by atoms with Gasteiger partial charge in [0, 0.05) is 34.9 Å². The van der Waals surface area contributed by atoms with Gasteiger partial charge in [-0.05, 0) is 61.7 Å². The molecule has 0 radical (unpaired) electrons. The Kier molecular flexibility index (Phi) is 3.99. The van der Waals surface area contributed by atoms with Crippen molar-refractivity contribution in [1.82, 2.24) is 19.9 Å². The van der Waals surface area contributed by atoms with Gasteiger partial charge in [0.25, 0.3) is 0 Å². The number of pyridine rings is 1. The van der Waals surface area contributed by atoms with Gasteiger partial charge in [0.2, 0.25) is 0 Å². The molecule has 0 unspecified atom stereocenters. The van der Waals surface area contributed by atoms with Crippen LogP contribution >= 0.6 is 11.3 Å². The molecule has 0 bridgehead atoms. The summed E-state index contributed by atoms with van der Waals surface area (Å²) in [5, 5.41) is 5.82. The van der Waals surface area contributed by atoms with E-state index in [0.29, 0.717) is 11.7 Å². The number of thiazole rings is 1. The van der Waals surface area contributed by atoms with Crippen molar-refractivity contribution >= 4 is 44.0 Å². The van der Waals surface area contributed by atoms with Gasteiger partial charge in [-0.2, -0.15) is 0 Å². The molecule has 3 aromatic heterocycles. The number of aryl methyl sites for hydroxylation is 1. The van der Waals surface area contributed by atoms with Crippen molar-refractivity contribution < 1.29 is 0 Å². The molecule has 0 spiro atoms. The molecule has 6 rings (SSSR count). The van der Waals surface area contributed by atoms with Crippen molar-refractivity contribution in [1.29, 1.82) is 0 Å². The van der Waals surface area contributed by atoms with Crippen molar-refractivity contribution in [2.75, 3.05) is 5.32 Å². The van der Waals surface area contributed by atoms with Crippen LogP contribution in [0.15, 0.2) is 60.9 Å². The minimum Gasteiger partial charge on any atom is -0.340 e. The summed E-state index contributed by atoms with van der Waals surface area (Å²) in [5.74, 6) is 2.17. The van der Waals surface area contributed by atoms with Gasteiger partial charge in [-0.1, -0.05) is 12.1 Å². The molecule has 5 aromatic rings. The molecule has 1 aliphatic rings. The van der Waals surface area contributed by atoms with Crippen LogP contribution < -0.4 is 5.32 Å². The molecule has 0 amide bonds. The molecule has 146 valence electrons. The lowest BCUT2D eigenvalue weighted by atomic mass is 10.1. The molecule has 0 aliphatic heterocycles. The van der Waals surface area contributed by atoms with Gasteiger partial charge in [0.05, 0.1) is 20.7 Å². The maximum atomic E-state index is 4.87. The molecule has 6 heteroatoms. The number of fused-ring (bicyclic) bond motifs is 2. The summed E-state index contributed by atoms with van der Waals surface area (Å²) in [4.78, 5) is 18.6. The maximum Gasteiger partial charge on any atom is 0.162 e. The summed E-state index contributed by atoms with van der Waals surface area (Å²) in [5.41, 5.74) is 5.12. The van der Waals surface area contributed by atoms with Crippen LogP contribution in [0.3, 0.4) is 0 Å². The second-order valence-electron chi connectivity index (χ2n) is 7.74. The molecule has 2 aromatic carbocycles. The third-order valence-electron chi connectivity index (χ3n) is 5.46. The lowest BCUT2D eigenvalue weighted by Crippen LogP contribution is -2.00. The topological polar surface area (TPSA) is 63.6 Å². The number of aromatic nitrogens is 4. The molecular formula is C24H19N5S. The van der Waals surface area contributed by atoms with E-state index in [-0.39, 0.29) is 0 Å². The molecule has 30 heavy (non-hydrogen) atoms. The van der Waals surface area contributed by atoms with Crippen molar-refractivity contribution in [2.45, 2.75) is 25.7 Å². The fourth-order valence-electron chi connectivity index (χ4n) is 3.68. The van der Waals surface area contributed by atoms with Gasteiger partial charge in [0.15, 0.2) is 5.82 Å². The van der Waals surface area contributed by atoms with E-state index in [0.717, 1.165) is 39.1 Å². The van der Waals surface area contributed by atoms with Crippen LogP contribution in [0.2, 0.25) is 0 Å². The van der Waals surface area contributed by atoms with Gasteiger partial charge in [-0.15, -0.1) is 11.3 Å². The molecule has 0 atom stereocenters. The number of hydrogen-bond acceptors (Lipinski definition) is 6. The number of nitrogens with one attached hydrogen (secondary N) is 1. The highest BCUT2D eigenvalue weighted by atomic mass is 32.1. The Morgan fingerprint density at radius 2 is 1.83 bits per heavy atom. The van der Waals surface area contributed by atoms with Crippen LogP contribution in [0.5, 0.6) is 0 Å². The van der Waals surface area contributed by atoms with E-state index in [1.807, 2.05) is 29.5 Å². The van der Waals surface area contributed by atoms with Gasteiger partial charge < -0.3 is 5.32 Å². The molecule has 3 heterocycles. The van der Waals surface area contributed by atoms with Crippen molar-refractivity contribution in [3.63, 3.8) is 0 Å². The molecule has 1 fully saturated rings. The van der Waals surface area contributed by atoms with Crippen LogP contribution in [-0.4, -0.2) is 19.9 Å². The van der Waals surface area contributed by atoms with E-state index in [2.05, 4.69) is 47.6 Å². The third-order valence-corrected chi connectivity index (χ3v) is 6.64. The van der Waals surface area contributed by atoms with Gasteiger partial charge >= 0.3 is 0 Å². The quantitative estimate of drug-likeness (QED) is 0.381. The lowest BCUT2D eigenvalue weighted by Gasteiger charge is -2.12. The number of para-hydroxylation sites is 1. The lowest BCUT2D eigenvalue weighted by molar-refractivity contribution is 1.10. The zero-order chi connectivity index (χ0) is 20.1. The SMILES string of the molecule is Cc1cccc2c(Nc3ccc4nc(C5CC5)sc4c3)nc(-c3ccncc3)nc12. The predicted octanol–water partition coefficient (Wildman–Crippen LogP) is 6.23. The Morgan fingerprint density at radius 3 is 2.67 bits per heavy atom. The van der Waals surface area contributed by atoms with E-state index in [9.17, 15) is 0 Å². The smallest absolute Gasteiger partial charge is 0.162 e. The fraction of sp³-hybridized carbons (Fsp3) is 0.167. The average molecular weight is 410 g/mol. The minimum atomic E-state index is 0.676. The first kappa shape index (κ1) is 17.5. The maximum absolute atomic E-state index is 4.87. The minimum absolute atomic E-state index is 0.676. The standard InChI is InChI=1S/C24H19N5S/c1-14-3-2-4-18-21(14)28-22(15-9-11-25-12-10-15)29-23(18)26-17-7-8-19-20(13-17)30-24(27-19)16-5-6-16/h2-4,7-13,16H,5-6H2,1H3,(H,26,28,29). The van der Waals surface area contributed by atoms with Gasteiger partial charge in [-0.25, -0.2) is 15.0 Å². The highest BCUT2D eigenvalue weighted by Crippen LogP contribution is 2.43. The Hall–Kier alpha value is -3.38. The number of hydrogen-bond donors (Lipinski definition) is 1. The molecule has 5 nitrogen and oxygen atoms in total. The second kappa shape index (κ2) is 6.85. The Balaban J connectivity index is 1.46. The van der Waals surface area contributed by atoms with Crippen molar-refractivity contribution in [3.05, 3.63) is 71.5 Å². The zero-order valence-electron chi connectivity index (χ0n) is 16.5. The average Bonchev–Trinajstić information content (AvgIpc) is 3.54. The first-order valence-corrected chi connectivity index (χ1v) is 10.9. The van der Waals surface area contributed by atoms with E-state index in [1.54, 1.807) is 12.4 Å². The Bertz CT molecular complexity index is 1390. The van der Waals surface area contributed by atoms with E-state index < -0.39 is 0 Å². The highest BCUT2D eigenvalue weighted by Gasteiger charge is 2.27. The number of rotatable bonds is 4. The third kappa shape index (κ3) is 3.09. The first-order chi connectivity index (χ1) is 14.7. The summed E-state index contributed by atoms with van der Waals surface area (Å²) in [7, 11) is 0. The normalized spacial score (nSPS) is 13.8. The molecule has 1 saturated carbocycles. The van der Waals surface area contributed by atoms with Crippen LogP contribution in [0.25, 0.3) is 32.5 Å². The van der Waals surface area contributed by atoms with E-state index in [1.165, 1.54) is 22.5 Å². The summed E-state index contributed by atoms with van der Waals surface area (Å²) in [6.07, 6.45) is 6.08. The Labute approximate surface area is 177 Å². The summed E-state index contributed by atoms with van der Waals surface area (Å²) in [6, 6.07) is 16.4. The Morgan fingerprint density at radius 1 is 0.967 bits per heavy atom. The molecule has 1 aliphatic carbocycles. The number of anilines is 2. The number of benzene rings is 2. The zero-order valence-corrected chi connectivity index (χ0v) is 17.3. The summed E-state index contributed by atoms with van der Waals surface area (Å²) < 4.78 is 1.21. The fourth-order valence-corrected chi connectivity index (χ4v) is 4.86. The van der Waals surface area contributed by atoms with Gasteiger partial charge in [0.1, 0.15) is 5.82 Å². The summed E-state index contributed by atoms with van der Waals surface area (Å²) in [6.45, 7) is 2.08. The molecule has 0 saturated heterocycles. The predicted molar refractivity (Wildman–Crippen MR) is 122 cm³/mol. The summed E-state index contributed by atoms with van der Waals surface area (Å²) >= 11 is 1.81. The highest BCUT2D eigenvalue weighted by molar-refractivity contribution is 7.18. The second-order valence-corrected chi connectivity index (χ2v) is 8.80. The first-order valence-electron chi connectivity index (χ1n) is 10.1. The van der Waals surface area contributed by atoms with Crippen LogP contribution in [0.4, 0.5) is 11.5 Å².